The van der Waals surface area contributed by atoms with Crippen LogP contribution < -0.4 is 10.6 Å². The van der Waals surface area contributed by atoms with E-state index in [1.54, 1.807) is 6.20 Å². The molecular formula is C13H19N3O. The lowest BCUT2D eigenvalue weighted by molar-refractivity contribution is -0.121. The summed E-state index contributed by atoms with van der Waals surface area (Å²) in [7, 11) is 0. The van der Waals surface area contributed by atoms with E-state index in [1.165, 1.54) is 12.8 Å². The number of amides is 1. The molecule has 0 aliphatic carbocycles. The predicted octanol–water partition coefficient (Wildman–Crippen LogP) is 0.882. The fraction of sp³-hybridized carbons (Fsp3) is 0.538. The van der Waals surface area contributed by atoms with Gasteiger partial charge in [-0.3, -0.25) is 9.78 Å². The molecule has 0 spiro atoms. The van der Waals surface area contributed by atoms with Crippen molar-refractivity contribution in [2.24, 2.45) is 0 Å². The first-order chi connectivity index (χ1) is 8.34. The van der Waals surface area contributed by atoms with E-state index in [-0.39, 0.29) is 5.91 Å². The normalized spacial score (nSPS) is 19.2. The van der Waals surface area contributed by atoms with E-state index < -0.39 is 0 Å². The van der Waals surface area contributed by atoms with Crippen molar-refractivity contribution in [2.45, 2.75) is 31.7 Å². The number of hydrogen-bond donors (Lipinski definition) is 2. The lowest BCUT2D eigenvalue weighted by Crippen LogP contribution is -2.37. The highest BCUT2D eigenvalue weighted by Crippen LogP contribution is 2.04. The van der Waals surface area contributed by atoms with Crippen LogP contribution in [-0.2, 0) is 11.2 Å². The SMILES string of the molecule is O=C(CCc1cccnc1)NCC1CCCN1. The number of rotatable bonds is 5. The maximum absolute atomic E-state index is 11.6. The summed E-state index contributed by atoms with van der Waals surface area (Å²) in [5.41, 5.74) is 1.11. The second kappa shape index (κ2) is 6.35. The van der Waals surface area contributed by atoms with Crippen LogP contribution in [0.15, 0.2) is 24.5 Å². The van der Waals surface area contributed by atoms with Crippen molar-refractivity contribution in [1.82, 2.24) is 15.6 Å². The lowest BCUT2D eigenvalue weighted by Gasteiger charge is -2.11. The van der Waals surface area contributed by atoms with Crippen molar-refractivity contribution in [2.75, 3.05) is 13.1 Å². The molecule has 1 aromatic heterocycles. The van der Waals surface area contributed by atoms with Gasteiger partial charge in [-0.15, -0.1) is 0 Å². The Morgan fingerprint density at radius 1 is 1.59 bits per heavy atom. The Bertz CT molecular complexity index is 347. The molecule has 4 heteroatoms. The monoisotopic (exact) mass is 233 g/mol. The maximum Gasteiger partial charge on any atom is 0.220 e. The maximum atomic E-state index is 11.6. The van der Waals surface area contributed by atoms with E-state index in [4.69, 9.17) is 0 Å². The molecule has 92 valence electrons. The Kier molecular flexibility index (Phi) is 4.50. The molecule has 1 aromatic rings. The van der Waals surface area contributed by atoms with Crippen molar-refractivity contribution in [1.29, 1.82) is 0 Å². The van der Waals surface area contributed by atoms with E-state index in [0.29, 0.717) is 12.5 Å². The van der Waals surface area contributed by atoms with Crippen LogP contribution in [0.25, 0.3) is 0 Å². The zero-order valence-electron chi connectivity index (χ0n) is 9.98. The highest BCUT2D eigenvalue weighted by Gasteiger charge is 2.14. The van der Waals surface area contributed by atoms with Crippen molar-refractivity contribution in [3.05, 3.63) is 30.1 Å². The second-order valence-corrected chi connectivity index (χ2v) is 4.46. The standard InChI is InChI=1S/C13H19N3O/c17-13(16-10-12-4-2-8-15-12)6-5-11-3-1-7-14-9-11/h1,3,7,9,12,15H,2,4-6,8,10H2,(H,16,17). The Balaban J connectivity index is 1.64. The van der Waals surface area contributed by atoms with Gasteiger partial charge in [0.2, 0.25) is 5.91 Å². The van der Waals surface area contributed by atoms with Gasteiger partial charge in [-0.2, -0.15) is 0 Å². The van der Waals surface area contributed by atoms with E-state index in [1.807, 2.05) is 18.3 Å². The van der Waals surface area contributed by atoms with Crippen LogP contribution in [-0.4, -0.2) is 30.0 Å². The largest absolute Gasteiger partial charge is 0.355 e. The van der Waals surface area contributed by atoms with Gasteiger partial charge in [0, 0.05) is 31.4 Å². The Labute approximate surface area is 102 Å². The molecule has 0 radical (unpaired) electrons. The minimum atomic E-state index is 0.127. The van der Waals surface area contributed by atoms with Crippen LogP contribution in [0.4, 0.5) is 0 Å². The third-order valence-corrected chi connectivity index (χ3v) is 3.07. The molecule has 0 bridgehead atoms. The molecule has 1 aliphatic heterocycles. The number of nitrogens with zero attached hydrogens (tertiary/aromatic N) is 1. The van der Waals surface area contributed by atoms with Gasteiger partial charge in [0.15, 0.2) is 0 Å². The van der Waals surface area contributed by atoms with Crippen molar-refractivity contribution in [3.63, 3.8) is 0 Å². The Morgan fingerprint density at radius 2 is 2.53 bits per heavy atom. The zero-order valence-corrected chi connectivity index (χ0v) is 9.98. The minimum absolute atomic E-state index is 0.127. The molecule has 1 amide bonds. The van der Waals surface area contributed by atoms with Crippen LogP contribution in [0.3, 0.4) is 0 Å². The van der Waals surface area contributed by atoms with Gasteiger partial charge >= 0.3 is 0 Å². The van der Waals surface area contributed by atoms with E-state index >= 15 is 0 Å². The fourth-order valence-corrected chi connectivity index (χ4v) is 2.06. The van der Waals surface area contributed by atoms with Gasteiger partial charge in [-0.25, -0.2) is 0 Å². The molecule has 1 aliphatic rings. The molecule has 1 fully saturated rings. The molecule has 1 saturated heterocycles. The summed E-state index contributed by atoms with van der Waals surface area (Å²) < 4.78 is 0. The molecule has 4 nitrogen and oxygen atoms in total. The molecule has 2 rings (SSSR count). The molecule has 0 aromatic carbocycles. The number of aromatic nitrogens is 1. The second-order valence-electron chi connectivity index (χ2n) is 4.46. The zero-order chi connectivity index (χ0) is 11.9. The lowest BCUT2D eigenvalue weighted by atomic mass is 10.1. The number of nitrogens with one attached hydrogen (secondary N) is 2. The average molecular weight is 233 g/mol. The highest BCUT2D eigenvalue weighted by atomic mass is 16.1. The first-order valence-electron chi connectivity index (χ1n) is 6.23. The van der Waals surface area contributed by atoms with Gasteiger partial charge in [0.05, 0.1) is 0 Å². The number of carbonyl (C=O) groups excluding carboxylic acids is 1. The topological polar surface area (TPSA) is 54.0 Å². The van der Waals surface area contributed by atoms with Gasteiger partial charge < -0.3 is 10.6 Å². The summed E-state index contributed by atoms with van der Waals surface area (Å²) in [6.07, 6.45) is 7.25. The summed E-state index contributed by atoms with van der Waals surface area (Å²) in [5.74, 6) is 0.127. The van der Waals surface area contributed by atoms with Crippen LogP contribution in [0.2, 0.25) is 0 Å². The van der Waals surface area contributed by atoms with E-state index in [9.17, 15) is 4.79 Å². The fourth-order valence-electron chi connectivity index (χ4n) is 2.06. The van der Waals surface area contributed by atoms with Gasteiger partial charge in [0.1, 0.15) is 0 Å². The molecule has 17 heavy (non-hydrogen) atoms. The van der Waals surface area contributed by atoms with Gasteiger partial charge in [0.25, 0.3) is 0 Å². The third-order valence-electron chi connectivity index (χ3n) is 3.07. The smallest absolute Gasteiger partial charge is 0.220 e. The molecule has 0 saturated carbocycles. The number of hydrogen-bond acceptors (Lipinski definition) is 3. The number of pyridine rings is 1. The molecular weight excluding hydrogens is 214 g/mol. The van der Waals surface area contributed by atoms with Gasteiger partial charge in [-0.05, 0) is 37.4 Å². The first kappa shape index (κ1) is 12.0. The van der Waals surface area contributed by atoms with Crippen LogP contribution >= 0.6 is 0 Å². The summed E-state index contributed by atoms with van der Waals surface area (Å²) in [6, 6.07) is 4.37. The summed E-state index contributed by atoms with van der Waals surface area (Å²) in [4.78, 5) is 15.6. The van der Waals surface area contributed by atoms with E-state index in [2.05, 4.69) is 15.6 Å². The van der Waals surface area contributed by atoms with Crippen LogP contribution in [0, 0.1) is 0 Å². The predicted molar refractivity (Wildman–Crippen MR) is 66.6 cm³/mol. The average Bonchev–Trinajstić information content (AvgIpc) is 2.88. The Hall–Kier alpha value is -1.42. The molecule has 2 heterocycles. The van der Waals surface area contributed by atoms with Crippen LogP contribution in [0.5, 0.6) is 0 Å². The summed E-state index contributed by atoms with van der Waals surface area (Å²) in [6.45, 7) is 1.84. The first-order valence-corrected chi connectivity index (χ1v) is 6.23. The number of carbonyl (C=O) groups is 1. The summed E-state index contributed by atoms with van der Waals surface area (Å²) in [5, 5.41) is 6.33. The summed E-state index contributed by atoms with van der Waals surface area (Å²) >= 11 is 0. The highest BCUT2D eigenvalue weighted by molar-refractivity contribution is 5.76. The minimum Gasteiger partial charge on any atom is -0.355 e. The van der Waals surface area contributed by atoms with Crippen LogP contribution in [0.1, 0.15) is 24.8 Å². The molecule has 2 N–H and O–H groups in total. The Morgan fingerprint density at radius 3 is 3.24 bits per heavy atom. The number of aryl methyl sites for hydroxylation is 1. The molecule has 1 atom stereocenters. The quantitative estimate of drug-likeness (QED) is 0.794. The van der Waals surface area contributed by atoms with E-state index in [0.717, 1.165) is 25.1 Å². The van der Waals surface area contributed by atoms with Gasteiger partial charge in [-0.1, -0.05) is 6.07 Å². The van der Waals surface area contributed by atoms with Crippen molar-refractivity contribution < 1.29 is 4.79 Å². The third kappa shape index (κ3) is 4.15. The molecule has 1 unspecified atom stereocenters. The van der Waals surface area contributed by atoms with Crippen molar-refractivity contribution in [3.8, 4) is 0 Å². The van der Waals surface area contributed by atoms with Crippen molar-refractivity contribution >= 4 is 5.91 Å².